The lowest BCUT2D eigenvalue weighted by atomic mass is 9.87. The molecule has 0 aliphatic rings. The van der Waals surface area contributed by atoms with Crippen LogP contribution in [0.3, 0.4) is 0 Å². The fourth-order valence-corrected chi connectivity index (χ4v) is 1.98. The molecule has 0 unspecified atom stereocenters. The van der Waals surface area contributed by atoms with Gasteiger partial charge in [-0.15, -0.1) is 0 Å². The third-order valence-corrected chi connectivity index (χ3v) is 3.10. The van der Waals surface area contributed by atoms with Crippen LogP contribution in [0.25, 0.3) is 0 Å². The summed E-state index contributed by atoms with van der Waals surface area (Å²) in [5.41, 5.74) is 1.13. The van der Waals surface area contributed by atoms with Gasteiger partial charge in [-0.1, -0.05) is 32.9 Å². The summed E-state index contributed by atoms with van der Waals surface area (Å²) in [5.74, 6) is 0.256. The highest BCUT2D eigenvalue weighted by Gasteiger charge is 2.15. The highest BCUT2D eigenvalue weighted by atomic mass is 32.3. The average molecular weight is 258 g/mol. The molecule has 0 N–H and O–H groups in total. The van der Waals surface area contributed by atoms with Gasteiger partial charge in [0.15, 0.2) is 0 Å². The van der Waals surface area contributed by atoms with E-state index in [1.165, 1.54) is 0 Å². The summed E-state index contributed by atoms with van der Waals surface area (Å²) in [7, 11) is -3.93. The van der Waals surface area contributed by atoms with E-state index in [0.29, 0.717) is 0 Å². The maximum atomic E-state index is 11.2. The highest BCUT2D eigenvalue weighted by Crippen LogP contribution is 2.24. The summed E-state index contributed by atoms with van der Waals surface area (Å²) < 4.78 is 31.7. The molecule has 0 bridgehead atoms. The summed E-state index contributed by atoms with van der Waals surface area (Å²) in [6.45, 7) is 7.89. The molecule has 0 radical (unpaired) electrons. The zero-order chi connectivity index (χ0) is 13.1. The smallest absolute Gasteiger partial charge is 0.362 e. The summed E-state index contributed by atoms with van der Waals surface area (Å²) in [5, 5.41) is 0. The van der Waals surface area contributed by atoms with E-state index in [9.17, 15) is 8.42 Å². The van der Waals surface area contributed by atoms with Gasteiger partial charge in [-0.3, -0.25) is 0 Å². The maximum Gasteiger partial charge on any atom is 0.449 e. The van der Waals surface area contributed by atoms with Crippen LogP contribution in [0.5, 0.6) is 5.75 Å². The molecule has 0 spiro atoms. The molecular formula is C12H18O4S. The zero-order valence-electron chi connectivity index (χ0n) is 10.6. The molecule has 0 fully saturated rings. The van der Waals surface area contributed by atoms with E-state index in [4.69, 9.17) is 4.18 Å². The van der Waals surface area contributed by atoms with Gasteiger partial charge in [0.25, 0.3) is 0 Å². The van der Waals surface area contributed by atoms with Gasteiger partial charge < -0.3 is 4.18 Å². The maximum absolute atomic E-state index is 11.2. The van der Waals surface area contributed by atoms with E-state index in [1.54, 1.807) is 19.1 Å². The van der Waals surface area contributed by atoms with E-state index in [0.717, 1.165) is 5.56 Å². The van der Waals surface area contributed by atoms with Crippen molar-refractivity contribution < 1.29 is 16.8 Å². The topological polar surface area (TPSA) is 52.6 Å². The van der Waals surface area contributed by atoms with Crippen molar-refractivity contribution in [2.75, 3.05) is 6.61 Å². The first kappa shape index (κ1) is 14.0. The lowest BCUT2D eigenvalue weighted by molar-refractivity contribution is 0.288. The van der Waals surface area contributed by atoms with Crippen molar-refractivity contribution in [1.29, 1.82) is 0 Å². The fraction of sp³-hybridized carbons (Fsp3) is 0.500. The molecular weight excluding hydrogens is 240 g/mol. The lowest BCUT2D eigenvalue weighted by Gasteiger charge is -2.18. The molecule has 1 aromatic rings. The van der Waals surface area contributed by atoms with Gasteiger partial charge in [-0.2, -0.15) is 8.42 Å². The summed E-state index contributed by atoms with van der Waals surface area (Å²) in [4.78, 5) is 0. The van der Waals surface area contributed by atoms with Crippen LogP contribution < -0.4 is 4.18 Å². The predicted octanol–water partition coefficient (Wildman–Crippen LogP) is 2.64. The number of hydrogen-bond donors (Lipinski definition) is 0. The average Bonchev–Trinajstić information content (AvgIpc) is 2.16. The largest absolute Gasteiger partial charge is 0.449 e. The van der Waals surface area contributed by atoms with Gasteiger partial charge in [0.1, 0.15) is 5.75 Å². The van der Waals surface area contributed by atoms with Crippen LogP contribution in [0, 0.1) is 0 Å². The normalized spacial score (nSPS) is 12.5. The molecule has 0 heterocycles. The van der Waals surface area contributed by atoms with Crippen molar-refractivity contribution in [1.82, 2.24) is 0 Å². The van der Waals surface area contributed by atoms with E-state index >= 15 is 0 Å². The van der Waals surface area contributed by atoms with Gasteiger partial charge in [0.05, 0.1) is 6.61 Å². The van der Waals surface area contributed by atoms with E-state index in [-0.39, 0.29) is 17.8 Å². The summed E-state index contributed by atoms with van der Waals surface area (Å²) in [6, 6.07) is 6.93. The van der Waals surface area contributed by atoms with E-state index in [1.807, 2.05) is 12.1 Å². The Labute approximate surface area is 103 Å². The molecule has 1 rings (SSSR count). The van der Waals surface area contributed by atoms with Crippen LogP contribution in [-0.2, 0) is 20.0 Å². The molecule has 0 aromatic heterocycles. The molecule has 1 aromatic carbocycles. The Kier molecular flexibility index (Phi) is 4.16. The van der Waals surface area contributed by atoms with E-state index in [2.05, 4.69) is 25.0 Å². The van der Waals surface area contributed by atoms with Crippen molar-refractivity contribution in [3.63, 3.8) is 0 Å². The van der Waals surface area contributed by atoms with Crippen LogP contribution in [0.2, 0.25) is 0 Å². The number of benzene rings is 1. The minimum absolute atomic E-state index is 0.0251. The van der Waals surface area contributed by atoms with Gasteiger partial charge >= 0.3 is 10.4 Å². The van der Waals surface area contributed by atoms with Crippen LogP contribution in [0.4, 0.5) is 0 Å². The van der Waals surface area contributed by atoms with Crippen molar-refractivity contribution in [3.8, 4) is 5.75 Å². The Morgan fingerprint density at radius 3 is 2.06 bits per heavy atom. The Morgan fingerprint density at radius 1 is 1.12 bits per heavy atom. The molecule has 17 heavy (non-hydrogen) atoms. The SMILES string of the molecule is CCOS(=O)(=O)Oc1ccc(C(C)(C)C)cc1. The lowest BCUT2D eigenvalue weighted by Crippen LogP contribution is -2.14. The standard InChI is InChI=1S/C12H18O4S/c1-5-15-17(13,14)16-11-8-6-10(7-9-11)12(2,3)4/h6-9H,5H2,1-4H3. The highest BCUT2D eigenvalue weighted by molar-refractivity contribution is 7.82. The Hall–Kier alpha value is -1.07. The van der Waals surface area contributed by atoms with Crippen molar-refractivity contribution in [2.24, 2.45) is 0 Å². The van der Waals surface area contributed by atoms with Gasteiger partial charge in [0, 0.05) is 0 Å². The van der Waals surface area contributed by atoms with E-state index < -0.39 is 10.4 Å². The molecule has 0 aliphatic carbocycles. The Bertz CT molecular complexity index is 454. The molecule has 0 aliphatic heterocycles. The second-order valence-electron chi connectivity index (χ2n) is 4.67. The van der Waals surface area contributed by atoms with Crippen molar-refractivity contribution in [3.05, 3.63) is 29.8 Å². The second-order valence-corrected chi connectivity index (χ2v) is 5.89. The quantitative estimate of drug-likeness (QED) is 0.833. The molecule has 0 atom stereocenters. The number of hydrogen-bond acceptors (Lipinski definition) is 4. The Morgan fingerprint density at radius 2 is 1.65 bits per heavy atom. The molecule has 5 heteroatoms. The van der Waals surface area contributed by atoms with Gasteiger partial charge in [-0.05, 0) is 30.0 Å². The summed E-state index contributed by atoms with van der Waals surface area (Å²) in [6.07, 6.45) is 0. The molecule has 4 nitrogen and oxygen atoms in total. The third kappa shape index (κ3) is 4.36. The van der Waals surface area contributed by atoms with Crippen LogP contribution in [-0.4, -0.2) is 15.0 Å². The first-order chi connectivity index (χ1) is 7.74. The Balaban J connectivity index is 2.83. The zero-order valence-corrected chi connectivity index (χ0v) is 11.4. The fourth-order valence-electron chi connectivity index (χ4n) is 1.30. The molecule has 96 valence electrons. The van der Waals surface area contributed by atoms with Gasteiger partial charge in [-0.25, -0.2) is 4.18 Å². The molecule has 0 saturated carbocycles. The first-order valence-electron chi connectivity index (χ1n) is 5.44. The molecule has 0 saturated heterocycles. The summed E-state index contributed by atoms with van der Waals surface area (Å²) >= 11 is 0. The minimum Gasteiger partial charge on any atom is -0.362 e. The van der Waals surface area contributed by atoms with Gasteiger partial charge in [0.2, 0.25) is 0 Å². The minimum atomic E-state index is -3.93. The number of rotatable bonds is 4. The van der Waals surface area contributed by atoms with Crippen molar-refractivity contribution in [2.45, 2.75) is 33.1 Å². The third-order valence-electron chi connectivity index (χ3n) is 2.18. The van der Waals surface area contributed by atoms with Crippen molar-refractivity contribution >= 4 is 10.4 Å². The monoisotopic (exact) mass is 258 g/mol. The second kappa shape index (κ2) is 5.06. The van der Waals surface area contributed by atoms with Crippen LogP contribution in [0.15, 0.2) is 24.3 Å². The van der Waals surface area contributed by atoms with Crippen LogP contribution >= 0.6 is 0 Å². The first-order valence-corrected chi connectivity index (χ1v) is 6.77. The molecule has 0 amide bonds. The van der Waals surface area contributed by atoms with Crippen LogP contribution in [0.1, 0.15) is 33.3 Å². The predicted molar refractivity (Wildman–Crippen MR) is 66.3 cm³/mol.